The fourth-order valence-corrected chi connectivity index (χ4v) is 5.46. The number of aromatic amines is 1. The molecule has 3 aromatic rings. The van der Waals surface area contributed by atoms with Crippen molar-refractivity contribution in [2.75, 3.05) is 6.54 Å². The van der Waals surface area contributed by atoms with Crippen LogP contribution in [0.2, 0.25) is 0 Å². The van der Waals surface area contributed by atoms with Gasteiger partial charge in [0.15, 0.2) is 0 Å². The minimum Gasteiger partial charge on any atom is -0.359 e. The summed E-state index contributed by atoms with van der Waals surface area (Å²) in [5.74, 6) is -0.467. The average Bonchev–Trinajstić information content (AvgIpc) is 3.27. The van der Waals surface area contributed by atoms with Gasteiger partial charge in [-0.05, 0) is 36.8 Å². The maximum atomic E-state index is 13.4. The SMILES string of the molecule is CCCCCCCCN1C(=O)c2cccc3c(N=Nc4c5[nH]cccc-5c5cccnc45)ccc(c23)C1=O. The second-order valence-electron chi connectivity index (χ2n) is 9.80. The zero-order valence-corrected chi connectivity index (χ0v) is 21.4. The lowest BCUT2D eigenvalue weighted by atomic mass is 9.93. The third-order valence-electron chi connectivity index (χ3n) is 7.38. The predicted molar refractivity (Wildman–Crippen MR) is 150 cm³/mol. The van der Waals surface area contributed by atoms with Gasteiger partial charge in [-0.2, -0.15) is 0 Å². The summed E-state index contributed by atoms with van der Waals surface area (Å²) in [5.41, 5.74) is 5.01. The molecule has 0 unspecified atom stereocenters. The van der Waals surface area contributed by atoms with Gasteiger partial charge in [0.2, 0.25) is 0 Å². The highest BCUT2D eigenvalue weighted by atomic mass is 16.2. The van der Waals surface area contributed by atoms with Gasteiger partial charge in [-0.1, -0.05) is 63.3 Å². The van der Waals surface area contributed by atoms with Crippen LogP contribution in [0.3, 0.4) is 0 Å². The van der Waals surface area contributed by atoms with Crippen LogP contribution in [0.5, 0.6) is 0 Å². The molecule has 38 heavy (non-hydrogen) atoms. The average molecular weight is 504 g/mol. The van der Waals surface area contributed by atoms with E-state index in [1.165, 1.54) is 24.2 Å². The van der Waals surface area contributed by atoms with Crippen LogP contribution < -0.4 is 0 Å². The van der Waals surface area contributed by atoms with Crippen molar-refractivity contribution in [2.45, 2.75) is 45.4 Å². The minimum absolute atomic E-state index is 0.234. The molecule has 0 fully saturated rings. The van der Waals surface area contributed by atoms with Crippen LogP contribution in [0.15, 0.2) is 77.2 Å². The summed E-state index contributed by atoms with van der Waals surface area (Å²) in [6.07, 6.45) is 10.2. The van der Waals surface area contributed by atoms with E-state index in [1.807, 2.05) is 48.7 Å². The summed E-state index contributed by atoms with van der Waals surface area (Å²) in [6.45, 7) is 2.64. The number of rotatable bonds is 9. The van der Waals surface area contributed by atoms with Crippen molar-refractivity contribution < 1.29 is 9.59 Å². The van der Waals surface area contributed by atoms with Gasteiger partial charge >= 0.3 is 0 Å². The first-order valence-electron chi connectivity index (χ1n) is 13.4. The molecular weight excluding hydrogens is 474 g/mol. The number of amides is 2. The first-order valence-corrected chi connectivity index (χ1v) is 13.4. The molecule has 1 aliphatic carbocycles. The Balaban J connectivity index is 1.33. The largest absolute Gasteiger partial charge is 0.359 e. The van der Waals surface area contributed by atoms with E-state index in [0.717, 1.165) is 46.8 Å². The van der Waals surface area contributed by atoms with Crippen molar-refractivity contribution in [2.24, 2.45) is 10.2 Å². The van der Waals surface area contributed by atoms with E-state index < -0.39 is 0 Å². The number of unbranched alkanes of at least 4 members (excludes halogenated alkanes) is 5. The highest BCUT2D eigenvalue weighted by molar-refractivity contribution is 6.26. The minimum atomic E-state index is -0.234. The van der Waals surface area contributed by atoms with E-state index in [4.69, 9.17) is 0 Å². The van der Waals surface area contributed by atoms with Crippen LogP contribution in [0.1, 0.15) is 66.2 Å². The van der Waals surface area contributed by atoms with Crippen LogP contribution >= 0.6 is 0 Å². The van der Waals surface area contributed by atoms with Gasteiger partial charge in [-0.25, -0.2) is 0 Å². The zero-order chi connectivity index (χ0) is 26.1. The van der Waals surface area contributed by atoms with Crippen LogP contribution in [0.4, 0.5) is 11.4 Å². The monoisotopic (exact) mass is 503 g/mol. The Morgan fingerprint density at radius 1 is 0.789 bits per heavy atom. The molecule has 2 aliphatic heterocycles. The lowest BCUT2D eigenvalue weighted by Crippen LogP contribution is -2.40. The van der Waals surface area contributed by atoms with Crippen LogP contribution in [0.25, 0.3) is 32.9 Å². The molecule has 6 rings (SSSR count). The van der Waals surface area contributed by atoms with Gasteiger partial charge in [-0.3, -0.25) is 19.5 Å². The van der Waals surface area contributed by atoms with Crippen molar-refractivity contribution in [1.82, 2.24) is 14.9 Å². The fraction of sp³-hybridized carbons (Fsp3) is 0.258. The number of fused-ring (bicyclic) bond motifs is 3. The summed E-state index contributed by atoms with van der Waals surface area (Å²) in [6, 6.07) is 17.0. The lowest BCUT2D eigenvalue weighted by molar-refractivity contribution is 0.0607. The molecule has 7 nitrogen and oxygen atoms in total. The molecule has 2 aromatic carbocycles. The van der Waals surface area contributed by atoms with Gasteiger partial charge in [0.05, 0.1) is 11.4 Å². The summed E-state index contributed by atoms with van der Waals surface area (Å²) < 4.78 is 0. The van der Waals surface area contributed by atoms with E-state index in [-0.39, 0.29) is 11.8 Å². The van der Waals surface area contributed by atoms with Gasteiger partial charge in [0.1, 0.15) is 11.2 Å². The summed E-state index contributed by atoms with van der Waals surface area (Å²) in [5, 5.41) is 11.6. The Morgan fingerprint density at radius 2 is 1.55 bits per heavy atom. The number of carbonyl (C=O) groups is 2. The quantitative estimate of drug-likeness (QED) is 0.125. The number of pyridine rings is 2. The number of nitrogens with zero attached hydrogens (tertiary/aromatic N) is 4. The smallest absolute Gasteiger partial charge is 0.261 e. The van der Waals surface area contributed by atoms with Gasteiger partial charge in [0.25, 0.3) is 11.8 Å². The molecule has 0 spiro atoms. The van der Waals surface area contributed by atoms with Crippen LogP contribution in [0, 0.1) is 0 Å². The molecule has 3 aliphatic rings. The van der Waals surface area contributed by atoms with E-state index >= 15 is 0 Å². The molecule has 0 radical (unpaired) electrons. The number of benzene rings is 2. The third kappa shape index (κ3) is 4.04. The van der Waals surface area contributed by atoms with E-state index in [2.05, 4.69) is 27.1 Å². The van der Waals surface area contributed by atoms with Crippen molar-refractivity contribution in [3.05, 3.63) is 78.1 Å². The summed E-state index contributed by atoms with van der Waals surface area (Å²) in [7, 11) is 0. The first kappa shape index (κ1) is 24.0. The second kappa shape index (κ2) is 10.2. The summed E-state index contributed by atoms with van der Waals surface area (Å²) >= 11 is 0. The number of nitrogens with one attached hydrogen (secondary N) is 1. The normalized spacial score (nSPS) is 13.6. The Hall–Kier alpha value is -4.39. The topological polar surface area (TPSA) is 90.8 Å². The Kier molecular flexibility index (Phi) is 6.42. The molecule has 2 amide bonds. The number of carbonyl (C=O) groups excluding carboxylic acids is 2. The molecule has 0 bridgehead atoms. The highest BCUT2D eigenvalue weighted by Crippen LogP contribution is 2.43. The fourth-order valence-electron chi connectivity index (χ4n) is 5.46. The number of hydrogen-bond donors (Lipinski definition) is 1. The molecule has 0 atom stereocenters. The molecule has 3 heterocycles. The number of azo groups is 1. The molecule has 1 N–H and O–H groups in total. The molecule has 0 saturated carbocycles. The Bertz CT molecular complexity index is 1650. The summed E-state index contributed by atoms with van der Waals surface area (Å²) in [4.78, 5) is 36.0. The van der Waals surface area contributed by atoms with Gasteiger partial charge in [0, 0.05) is 51.8 Å². The third-order valence-corrected chi connectivity index (χ3v) is 7.38. The number of aromatic nitrogens is 2. The maximum absolute atomic E-state index is 13.4. The Morgan fingerprint density at radius 3 is 2.42 bits per heavy atom. The lowest BCUT2D eigenvalue weighted by Gasteiger charge is -2.27. The standard InChI is InChI=1S/C31H29N5O2/c1-2-3-4-5-6-7-19-36-30(37)23-12-8-11-22-25(16-15-24(26(22)23)31(36)38)34-35-29-27-20(13-9-17-32-27)21-14-10-18-33-28(21)29/h8-18,32H,2-7,19H2,1H3. The second-order valence-corrected chi connectivity index (χ2v) is 9.80. The van der Waals surface area contributed by atoms with Crippen molar-refractivity contribution >= 4 is 44.9 Å². The van der Waals surface area contributed by atoms with Crippen molar-refractivity contribution in [3.63, 3.8) is 0 Å². The molecular formula is C31H29N5O2. The van der Waals surface area contributed by atoms with E-state index in [1.54, 1.807) is 18.3 Å². The maximum Gasteiger partial charge on any atom is 0.261 e. The van der Waals surface area contributed by atoms with Gasteiger partial charge < -0.3 is 4.98 Å². The molecule has 0 saturated heterocycles. The molecule has 1 aromatic heterocycles. The van der Waals surface area contributed by atoms with Crippen molar-refractivity contribution in [3.8, 4) is 11.3 Å². The molecule has 190 valence electrons. The Labute approximate surface area is 220 Å². The first-order chi connectivity index (χ1) is 18.7. The van der Waals surface area contributed by atoms with E-state index in [9.17, 15) is 9.59 Å². The zero-order valence-electron chi connectivity index (χ0n) is 21.4. The van der Waals surface area contributed by atoms with Gasteiger partial charge in [-0.15, -0.1) is 10.2 Å². The van der Waals surface area contributed by atoms with Crippen molar-refractivity contribution in [1.29, 1.82) is 0 Å². The van der Waals surface area contributed by atoms with E-state index in [0.29, 0.717) is 34.4 Å². The van der Waals surface area contributed by atoms with Crippen LogP contribution in [-0.4, -0.2) is 33.2 Å². The van der Waals surface area contributed by atoms with Crippen LogP contribution in [-0.2, 0) is 0 Å². The number of H-pyrrole nitrogens is 1. The number of hydrogen-bond acceptors (Lipinski definition) is 5. The predicted octanol–water partition coefficient (Wildman–Crippen LogP) is 8.19. The molecule has 7 heteroatoms. The number of imide groups is 1. The highest BCUT2D eigenvalue weighted by Gasteiger charge is 2.33.